The van der Waals surface area contributed by atoms with E-state index in [4.69, 9.17) is 4.84 Å². The molecule has 0 saturated carbocycles. The summed E-state index contributed by atoms with van der Waals surface area (Å²) in [5, 5.41) is 10.3. The maximum absolute atomic E-state index is 13.9. The molecule has 0 aromatic carbocycles. The molecule has 0 saturated heterocycles. The summed E-state index contributed by atoms with van der Waals surface area (Å²) < 4.78 is 37.9. The van der Waals surface area contributed by atoms with Gasteiger partial charge >= 0.3 is 0 Å². The minimum Gasteiger partial charge on any atom is -0.385 e. The average molecular weight is 276 g/mol. The maximum Gasteiger partial charge on any atom is 0.210 e. The highest BCUT2D eigenvalue weighted by atomic mass is 32.2. The van der Waals surface area contributed by atoms with Gasteiger partial charge in [-0.15, -0.1) is 0 Å². The number of rotatable bonds is 2. The zero-order valence-electron chi connectivity index (χ0n) is 10.2. The van der Waals surface area contributed by atoms with Crippen LogP contribution in [0.2, 0.25) is 0 Å². The Kier molecular flexibility index (Phi) is 2.88. The number of aryl methyl sites for hydroxylation is 1. The van der Waals surface area contributed by atoms with E-state index in [-0.39, 0.29) is 5.69 Å². The first-order chi connectivity index (χ1) is 8.22. The standard InChI is InChI=1S/C9H13FN4O3S/c1-9(2)7(10)8(13-17-9)18(15,16)5-6-4-11-14(3)12-6/h4,7H,5H2,1-3H3. The first-order valence-electron chi connectivity index (χ1n) is 5.20. The Balaban J connectivity index is 2.23. The van der Waals surface area contributed by atoms with Gasteiger partial charge in [-0.1, -0.05) is 5.16 Å². The molecule has 7 nitrogen and oxygen atoms in total. The van der Waals surface area contributed by atoms with Gasteiger partial charge in [0.2, 0.25) is 14.9 Å². The molecule has 1 aliphatic rings. The van der Waals surface area contributed by atoms with Crippen LogP contribution in [0, 0.1) is 0 Å². The van der Waals surface area contributed by atoms with Gasteiger partial charge in [0.25, 0.3) is 0 Å². The van der Waals surface area contributed by atoms with Crippen molar-refractivity contribution < 1.29 is 17.6 Å². The predicted molar refractivity (Wildman–Crippen MR) is 61.1 cm³/mol. The van der Waals surface area contributed by atoms with E-state index >= 15 is 0 Å². The molecule has 0 radical (unpaired) electrons. The molecule has 2 rings (SSSR count). The Morgan fingerprint density at radius 2 is 2.22 bits per heavy atom. The van der Waals surface area contributed by atoms with E-state index in [1.807, 2.05) is 0 Å². The highest BCUT2D eigenvalue weighted by molar-refractivity contribution is 8.05. The Labute approximate surface area is 104 Å². The van der Waals surface area contributed by atoms with Crippen LogP contribution in [-0.2, 0) is 27.5 Å². The Morgan fingerprint density at radius 3 is 2.67 bits per heavy atom. The fraction of sp³-hybridized carbons (Fsp3) is 0.667. The van der Waals surface area contributed by atoms with Gasteiger partial charge in [-0.25, -0.2) is 12.8 Å². The third kappa shape index (κ3) is 2.22. The largest absolute Gasteiger partial charge is 0.385 e. The summed E-state index contributed by atoms with van der Waals surface area (Å²) in [6, 6.07) is 0. The summed E-state index contributed by atoms with van der Waals surface area (Å²) in [7, 11) is -2.32. The zero-order valence-corrected chi connectivity index (χ0v) is 11.0. The number of aromatic nitrogens is 3. The van der Waals surface area contributed by atoms with Crippen LogP contribution in [0.3, 0.4) is 0 Å². The molecule has 0 fully saturated rings. The lowest BCUT2D eigenvalue weighted by Crippen LogP contribution is -2.37. The molecule has 0 amide bonds. The van der Waals surface area contributed by atoms with Gasteiger partial charge in [-0.05, 0) is 13.8 Å². The SMILES string of the molecule is Cn1ncc(CS(=O)(=O)C2=NOC(C)(C)C2F)n1. The lowest BCUT2D eigenvalue weighted by molar-refractivity contribution is -0.0232. The molecule has 1 aromatic heterocycles. The van der Waals surface area contributed by atoms with Gasteiger partial charge in [-0.3, -0.25) is 0 Å². The highest BCUT2D eigenvalue weighted by Crippen LogP contribution is 2.29. The van der Waals surface area contributed by atoms with Gasteiger partial charge in [0, 0.05) is 7.05 Å². The van der Waals surface area contributed by atoms with Crippen LogP contribution in [-0.4, -0.2) is 40.2 Å². The molecule has 0 bridgehead atoms. The van der Waals surface area contributed by atoms with Gasteiger partial charge < -0.3 is 4.84 Å². The van der Waals surface area contributed by atoms with Crippen LogP contribution in [0.15, 0.2) is 11.4 Å². The van der Waals surface area contributed by atoms with Crippen molar-refractivity contribution in [1.82, 2.24) is 15.0 Å². The summed E-state index contributed by atoms with van der Waals surface area (Å²) in [6.45, 7) is 2.87. The number of nitrogens with zero attached hydrogens (tertiary/aromatic N) is 4. The molecule has 1 unspecified atom stereocenters. The first-order valence-corrected chi connectivity index (χ1v) is 6.86. The zero-order chi connectivity index (χ0) is 13.6. The molecule has 0 spiro atoms. The first kappa shape index (κ1) is 12.9. The van der Waals surface area contributed by atoms with E-state index in [1.165, 1.54) is 24.8 Å². The lowest BCUT2D eigenvalue weighted by Gasteiger charge is -2.17. The second-order valence-electron chi connectivity index (χ2n) is 4.57. The molecule has 1 aliphatic heterocycles. The third-order valence-corrected chi connectivity index (χ3v) is 4.10. The van der Waals surface area contributed by atoms with Crippen LogP contribution in [0.4, 0.5) is 4.39 Å². The van der Waals surface area contributed by atoms with Crippen molar-refractivity contribution in [1.29, 1.82) is 0 Å². The van der Waals surface area contributed by atoms with Crippen molar-refractivity contribution in [3.63, 3.8) is 0 Å². The quantitative estimate of drug-likeness (QED) is 0.769. The number of hydrogen-bond donors (Lipinski definition) is 0. The lowest BCUT2D eigenvalue weighted by atomic mass is 10.1. The number of halogens is 1. The molecule has 18 heavy (non-hydrogen) atoms. The third-order valence-electron chi connectivity index (χ3n) is 2.50. The number of hydrogen-bond acceptors (Lipinski definition) is 6. The molecule has 2 heterocycles. The van der Waals surface area contributed by atoms with Crippen LogP contribution < -0.4 is 0 Å². The molecule has 9 heteroatoms. The Hall–Kier alpha value is -1.51. The van der Waals surface area contributed by atoms with Crippen LogP contribution in [0.1, 0.15) is 19.5 Å². The predicted octanol–water partition coefficient (Wildman–Crippen LogP) is 0.190. The molecule has 0 aliphatic carbocycles. The molecule has 1 aromatic rings. The van der Waals surface area contributed by atoms with E-state index in [1.54, 1.807) is 7.05 Å². The molecule has 1 atom stereocenters. The maximum atomic E-state index is 13.9. The van der Waals surface area contributed by atoms with E-state index in [0.29, 0.717) is 0 Å². The van der Waals surface area contributed by atoms with Crippen LogP contribution in [0.25, 0.3) is 0 Å². The Morgan fingerprint density at radius 1 is 1.56 bits per heavy atom. The van der Waals surface area contributed by atoms with Crippen molar-refractivity contribution in [2.75, 3.05) is 0 Å². The topological polar surface area (TPSA) is 86.4 Å². The van der Waals surface area contributed by atoms with Gasteiger partial charge in [0.05, 0.1) is 11.9 Å². The second-order valence-corrected chi connectivity index (χ2v) is 6.51. The summed E-state index contributed by atoms with van der Waals surface area (Å²) in [5.74, 6) is -0.445. The highest BCUT2D eigenvalue weighted by Gasteiger charge is 2.47. The van der Waals surface area contributed by atoms with Crippen molar-refractivity contribution in [2.45, 2.75) is 31.4 Å². The summed E-state index contributed by atoms with van der Waals surface area (Å²) in [5.41, 5.74) is -1.03. The second kappa shape index (κ2) is 4.01. The summed E-state index contributed by atoms with van der Waals surface area (Å²) in [4.78, 5) is 6.02. The molecular formula is C9H13FN4O3S. The average Bonchev–Trinajstić information content (AvgIpc) is 2.72. The fourth-order valence-electron chi connectivity index (χ4n) is 1.49. The van der Waals surface area contributed by atoms with Crippen molar-refractivity contribution >= 4 is 14.9 Å². The number of sulfone groups is 1. The number of oxime groups is 1. The van der Waals surface area contributed by atoms with E-state index in [9.17, 15) is 12.8 Å². The minimum absolute atomic E-state index is 0.233. The summed E-state index contributed by atoms with van der Waals surface area (Å²) >= 11 is 0. The molecule has 0 N–H and O–H groups in total. The van der Waals surface area contributed by atoms with Crippen molar-refractivity contribution in [3.8, 4) is 0 Å². The van der Waals surface area contributed by atoms with E-state index in [2.05, 4.69) is 15.4 Å². The molecule has 100 valence electrons. The van der Waals surface area contributed by atoms with E-state index < -0.39 is 32.4 Å². The van der Waals surface area contributed by atoms with Crippen molar-refractivity contribution in [3.05, 3.63) is 11.9 Å². The fourth-order valence-corrected chi connectivity index (χ4v) is 2.91. The van der Waals surface area contributed by atoms with Gasteiger partial charge in [0.1, 0.15) is 5.75 Å². The van der Waals surface area contributed by atoms with Gasteiger partial charge in [-0.2, -0.15) is 15.0 Å². The summed E-state index contributed by atoms with van der Waals surface area (Å²) in [6.07, 6.45) is -0.467. The Bertz CT molecular complexity index is 593. The van der Waals surface area contributed by atoms with E-state index in [0.717, 1.165) is 0 Å². The minimum atomic E-state index is -3.89. The van der Waals surface area contributed by atoms with Crippen LogP contribution in [0.5, 0.6) is 0 Å². The number of alkyl halides is 1. The van der Waals surface area contributed by atoms with Crippen molar-refractivity contribution in [2.24, 2.45) is 12.2 Å². The van der Waals surface area contributed by atoms with Crippen LogP contribution >= 0.6 is 0 Å². The van der Waals surface area contributed by atoms with Gasteiger partial charge in [0.15, 0.2) is 11.8 Å². The normalized spacial score (nSPS) is 22.7. The molecular weight excluding hydrogens is 263 g/mol. The smallest absolute Gasteiger partial charge is 0.210 e. The monoisotopic (exact) mass is 276 g/mol.